The van der Waals surface area contributed by atoms with Crippen molar-refractivity contribution in [1.29, 1.82) is 0 Å². The molecule has 214 valence electrons. The highest BCUT2D eigenvalue weighted by Gasteiger charge is 2.41. The Labute approximate surface area is 232 Å². The maximum absolute atomic E-state index is 13.4. The van der Waals surface area contributed by atoms with Gasteiger partial charge in [-0.3, -0.25) is 14.5 Å². The van der Waals surface area contributed by atoms with E-state index in [1.807, 2.05) is 11.0 Å². The van der Waals surface area contributed by atoms with Gasteiger partial charge in [-0.05, 0) is 80.7 Å². The first-order valence-electron chi connectivity index (χ1n) is 13.7. The predicted octanol–water partition coefficient (Wildman–Crippen LogP) is 4.40. The van der Waals surface area contributed by atoms with Gasteiger partial charge in [-0.1, -0.05) is 25.1 Å². The van der Waals surface area contributed by atoms with Gasteiger partial charge >= 0.3 is 6.18 Å². The number of rotatable bonds is 6. The lowest BCUT2D eigenvalue weighted by Gasteiger charge is -2.42. The van der Waals surface area contributed by atoms with Gasteiger partial charge in [0.05, 0.1) is 23.0 Å². The minimum absolute atomic E-state index is 0.159. The van der Waals surface area contributed by atoms with E-state index in [0.29, 0.717) is 13.1 Å². The number of benzene rings is 2. The summed E-state index contributed by atoms with van der Waals surface area (Å²) in [7, 11) is 0. The van der Waals surface area contributed by atoms with Crippen molar-refractivity contribution in [2.45, 2.75) is 57.2 Å². The molecule has 0 spiro atoms. The summed E-state index contributed by atoms with van der Waals surface area (Å²) < 4.78 is 40.0. The second kappa shape index (κ2) is 11.5. The molecule has 2 aromatic carbocycles. The van der Waals surface area contributed by atoms with E-state index in [9.17, 15) is 22.8 Å². The molecule has 3 aliphatic heterocycles. The molecule has 3 heterocycles. The van der Waals surface area contributed by atoms with Crippen molar-refractivity contribution in [3.63, 3.8) is 0 Å². The standard InChI is InChI=1S/C29H35F3N6O2/c1-2-26(39)36-15-7-10-23(19-36)37-25-12-11-20(18-35-13-4-3-5-14-35)16-24(25)34-28(37)38(33)27(40)21-8-6-9-22(17-21)29(30,31)32/h2,6,8-9,11-12,16-17,23,28,34H,1,3-5,7,10,13-15,18-19,33H2/t23-,28?/m1/s1. The Morgan fingerprint density at radius 3 is 2.58 bits per heavy atom. The number of anilines is 2. The van der Waals surface area contributed by atoms with E-state index in [0.717, 1.165) is 66.6 Å². The fraction of sp³-hybridized carbons (Fsp3) is 0.448. The van der Waals surface area contributed by atoms with Gasteiger partial charge in [0, 0.05) is 25.2 Å². The topological polar surface area (TPSA) is 85.2 Å². The van der Waals surface area contributed by atoms with Crippen LogP contribution in [0.1, 0.15) is 53.6 Å². The number of nitrogens with zero attached hydrogens (tertiary/aromatic N) is 4. The quantitative estimate of drug-likeness (QED) is 0.238. The lowest BCUT2D eigenvalue weighted by atomic mass is 10.0. The van der Waals surface area contributed by atoms with Crippen LogP contribution in [-0.4, -0.2) is 65.1 Å². The number of hydrazine groups is 1. The number of amides is 2. The van der Waals surface area contributed by atoms with Crippen molar-refractivity contribution in [2.24, 2.45) is 5.84 Å². The van der Waals surface area contributed by atoms with E-state index in [1.54, 1.807) is 4.90 Å². The molecule has 1 unspecified atom stereocenters. The fourth-order valence-electron chi connectivity index (χ4n) is 5.94. The maximum Gasteiger partial charge on any atom is 0.416 e. The molecule has 2 saturated heterocycles. The first-order valence-corrected chi connectivity index (χ1v) is 13.7. The fourth-order valence-corrected chi connectivity index (χ4v) is 5.94. The van der Waals surface area contributed by atoms with Crippen LogP contribution >= 0.6 is 0 Å². The Hall–Kier alpha value is -3.57. The molecule has 2 aromatic rings. The van der Waals surface area contributed by atoms with E-state index in [2.05, 4.69) is 28.9 Å². The van der Waals surface area contributed by atoms with Gasteiger partial charge in [-0.15, -0.1) is 0 Å². The van der Waals surface area contributed by atoms with Gasteiger partial charge in [-0.2, -0.15) is 13.2 Å². The lowest BCUT2D eigenvalue weighted by Crippen LogP contribution is -2.61. The SMILES string of the molecule is C=CC(=O)N1CCC[C@@H](N2c3ccc(CN4CCCCC4)cc3NC2N(N)C(=O)c2cccc(C(F)(F)F)c2)C1. The van der Waals surface area contributed by atoms with Gasteiger partial charge in [0.1, 0.15) is 0 Å². The minimum Gasteiger partial charge on any atom is -0.345 e. The number of piperidine rings is 2. The Morgan fingerprint density at radius 2 is 1.85 bits per heavy atom. The van der Waals surface area contributed by atoms with E-state index >= 15 is 0 Å². The Bertz CT molecular complexity index is 1260. The number of carbonyl (C=O) groups is 2. The van der Waals surface area contributed by atoms with Crippen LogP contribution in [0.3, 0.4) is 0 Å². The molecular weight excluding hydrogens is 521 g/mol. The molecule has 3 aliphatic rings. The zero-order chi connectivity index (χ0) is 28.4. The Morgan fingerprint density at radius 1 is 1.07 bits per heavy atom. The number of nitrogens with one attached hydrogen (secondary N) is 1. The summed E-state index contributed by atoms with van der Waals surface area (Å²) in [6.45, 7) is 7.52. The van der Waals surface area contributed by atoms with Crippen molar-refractivity contribution < 1.29 is 22.8 Å². The van der Waals surface area contributed by atoms with Crippen molar-refractivity contribution >= 4 is 23.2 Å². The third-order valence-corrected chi connectivity index (χ3v) is 7.95. The van der Waals surface area contributed by atoms with E-state index in [1.165, 1.54) is 37.5 Å². The predicted molar refractivity (Wildman–Crippen MR) is 147 cm³/mol. The van der Waals surface area contributed by atoms with Crippen LogP contribution in [0.2, 0.25) is 0 Å². The summed E-state index contributed by atoms with van der Waals surface area (Å²) in [5.41, 5.74) is 1.66. The number of nitrogens with two attached hydrogens (primary N) is 1. The van der Waals surface area contributed by atoms with Crippen molar-refractivity contribution in [3.05, 3.63) is 71.8 Å². The molecule has 2 atom stereocenters. The molecule has 5 rings (SSSR count). The monoisotopic (exact) mass is 556 g/mol. The Kier molecular flexibility index (Phi) is 8.04. The number of carbonyl (C=O) groups excluding carboxylic acids is 2. The van der Waals surface area contributed by atoms with Crippen molar-refractivity contribution in [2.75, 3.05) is 36.4 Å². The van der Waals surface area contributed by atoms with Crippen molar-refractivity contribution in [3.8, 4) is 0 Å². The smallest absolute Gasteiger partial charge is 0.345 e. The number of fused-ring (bicyclic) bond motifs is 1. The average Bonchev–Trinajstić information content (AvgIpc) is 3.35. The lowest BCUT2D eigenvalue weighted by molar-refractivity contribution is -0.137. The molecule has 11 heteroatoms. The second-order valence-electron chi connectivity index (χ2n) is 10.7. The van der Waals surface area contributed by atoms with Gasteiger partial charge in [0.15, 0.2) is 6.29 Å². The van der Waals surface area contributed by atoms with Crippen LogP contribution in [-0.2, 0) is 17.5 Å². The molecule has 8 nitrogen and oxygen atoms in total. The molecule has 0 bridgehead atoms. The number of alkyl halides is 3. The zero-order valence-corrected chi connectivity index (χ0v) is 22.4. The van der Waals surface area contributed by atoms with E-state index in [-0.39, 0.29) is 17.5 Å². The summed E-state index contributed by atoms with van der Waals surface area (Å²) in [6, 6.07) is 10.2. The average molecular weight is 557 g/mol. The highest BCUT2D eigenvalue weighted by Crippen LogP contribution is 2.40. The first-order chi connectivity index (χ1) is 19.2. The largest absolute Gasteiger partial charge is 0.416 e. The number of likely N-dealkylation sites (tertiary alicyclic amines) is 2. The maximum atomic E-state index is 13.4. The highest BCUT2D eigenvalue weighted by molar-refractivity contribution is 5.95. The third kappa shape index (κ3) is 5.80. The molecule has 0 aliphatic carbocycles. The van der Waals surface area contributed by atoms with E-state index < -0.39 is 23.9 Å². The molecule has 0 aromatic heterocycles. The number of hydrogen-bond donors (Lipinski definition) is 2. The first kappa shape index (κ1) is 28.0. The van der Waals surface area contributed by atoms with Crippen molar-refractivity contribution in [1.82, 2.24) is 14.8 Å². The molecule has 0 saturated carbocycles. The molecule has 0 radical (unpaired) electrons. The third-order valence-electron chi connectivity index (χ3n) is 7.95. The number of hydrogen-bond acceptors (Lipinski definition) is 6. The van der Waals surface area contributed by atoms with Crippen LogP contribution in [0.4, 0.5) is 24.5 Å². The molecule has 3 N–H and O–H groups in total. The summed E-state index contributed by atoms with van der Waals surface area (Å²) in [6.07, 6.45) is 0.957. The van der Waals surface area contributed by atoms with Gasteiger partial charge in [0.25, 0.3) is 5.91 Å². The van der Waals surface area contributed by atoms with Crippen LogP contribution in [0.25, 0.3) is 0 Å². The Balaban J connectivity index is 1.44. The number of halogens is 3. The van der Waals surface area contributed by atoms with Gasteiger partial charge < -0.3 is 15.1 Å². The van der Waals surface area contributed by atoms with Crippen LogP contribution in [0, 0.1) is 0 Å². The minimum atomic E-state index is -4.59. The zero-order valence-electron chi connectivity index (χ0n) is 22.4. The molecule has 40 heavy (non-hydrogen) atoms. The normalized spacial score (nSPS) is 21.5. The second-order valence-corrected chi connectivity index (χ2v) is 10.7. The van der Waals surface area contributed by atoms with Gasteiger partial charge in [-0.25, -0.2) is 10.9 Å². The van der Waals surface area contributed by atoms with E-state index in [4.69, 9.17) is 5.84 Å². The van der Waals surface area contributed by atoms with Crippen LogP contribution < -0.4 is 16.1 Å². The molecule has 2 amide bonds. The summed E-state index contributed by atoms with van der Waals surface area (Å²) in [4.78, 5) is 32.0. The summed E-state index contributed by atoms with van der Waals surface area (Å²) in [5, 5.41) is 4.31. The van der Waals surface area contributed by atoms with Crippen LogP contribution in [0.15, 0.2) is 55.1 Å². The highest BCUT2D eigenvalue weighted by atomic mass is 19.4. The summed E-state index contributed by atoms with van der Waals surface area (Å²) in [5.74, 6) is 5.47. The van der Waals surface area contributed by atoms with Crippen LogP contribution in [0.5, 0.6) is 0 Å². The molecule has 2 fully saturated rings. The molecular formula is C29H35F3N6O2. The van der Waals surface area contributed by atoms with Gasteiger partial charge in [0.2, 0.25) is 5.91 Å². The summed E-state index contributed by atoms with van der Waals surface area (Å²) >= 11 is 0.